The molecule has 0 aromatic carbocycles. The summed E-state index contributed by atoms with van der Waals surface area (Å²) in [5.74, 6) is 1.73. The van der Waals surface area contributed by atoms with Crippen molar-refractivity contribution in [2.24, 2.45) is 11.7 Å². The summed E-state index contributed by atoms with van der Waals surface area (Å²) in [5, 5.41) is 0. The number of aromatic nitrogens is 2. The van der Waals surface area contributed by atoms with Crippen LogP contribution in [-0.2, 0) is 6.54 Å². The predicted octanol–water partition coefficient (Wildman–Crippen LogP) is 1.95. The molecule has 4 heteroatoms. The molecule has 1 heterocycles. The molecule has 2 N–H and O–H groups in total. The molecule has 94 valence electrons. The summed E-state index contributed by atoms with van der Waals surface area (Å²) >= 11 is 0. The number of nitrogens with zero attached hydrogens (tertiary/aromatic N) is 3. The van der Waals surface area contributed by atoms with Crippen LogP contribution in [0, 0.1) is 5.92 Å². The van der Waals surface area contributed by atoms with E-state index in [2.05, 4.69) is 28.7 Å². The third kappa shape index (κ3) is 3.40. The normalized spacial score (nSPS) is 15.3. The summed E-state index contributed by atoms with van der Waals surface area (Å²) < 4.78 is 0. The fourth-order valence-electron chi connectivity index (χ4n) is 1.87. The molecule has 0 bridgehead atoms. The van der Waals surface area contributed by atoms with Crippen molar-refractivity contribution in [3.63, 3.8) is 0 Å². The molecule has 0 saturated heterocycles. The highest BCUT2D eigenvalue weighted by molar-refractivity contribution is 5.39. The molecule has 1 fully saturated rings. The standard InChI is InChI=1S/C13H22N4/c1-10(2)5-6-17(12-3-4-12)13-9-15-11(7-14)8-16-13/h8-10,12H,3-7,14H2,1-2H3. The summed E-state index contributed by atoms with van der Waals surface area (Å²) in [5.41, 5.74) is 6.39. The number of nitrogens with two attached hydrogens (primary N) is 1. The monoisotopic (exact) mass is 234 g/mol. The van der Waals surface area contributed by atoms with Crippen LogP contribution >= 0.6 is 0 Å². The third-order valence-electron chi connectivity index (χ3n) is 3.13. The average molecular weight is 234 g/mol. The molecular formula is C13H22N4. The van der Waals surface area contributed by atoms with Crippen LogP contribution in [0.25, 0.3) is 0 Å². The molecule has 2 rings (SSSR count). The van der Waals surface area contributed by atoms with Crippen molar-refractivity contribution in [1.29, 1.82) is 0 Å². The molecule has 0 amide bonds. The van der Waals surface area contributed by atoms with E-state index in [-0.39, 0.29) is 0 Å². The Bertz CT molecular complexity index is 343. The van der Waals surface area contributed by atoms with Crippen LogP contribution in [0.15, 0.2) is 12.4 Å². The van der Waals surface area contributed by atoms with Gasteiger partial charge in [0.05, 0.1) is 18.1 Å². The SMILES string of the molecule is CC(C)CCN(c1cnc(CN)cn1)C1CC1. The second kappa shape index (κ2) is 5.45. The van der Waals surface area contributed by atoms with Crippen LogP contribution in [0.4, 0.5) is 5.82 Å². The molecule has 1 aliphatic rings. The number of rotatable bonds is 6. The Morgan fingerprint density at radius 2 is 2.12 bits per heavy atom. The smallest absolute Gasteiger partial charge is 0.147 e. The first kappa shape index (κ1) is 12.3. The molecule has 1 saturated carbocycles. The Labute approximate surface area is 103 Å². The van der Waals surface area contributed by atoms with Crippen LogP contribution in [0.5, 0.6) is 0 Å². The van der Waals surface area contributed by atoms with Crippen molar-refractivity contribution in [1.82, 2.24) is 9.97 Å². The van der Waals surface area contributed by atoms with Gasteiger partial charge < -0.3 is 10.6 Å². The van der Waals surface area contributed by atoms with E-state index in [1.54, 1.807) is 6.20 Å². The van der Waals surface area contributed by atoms with E-state index in [0.29, 0.717) is 12.6 Å². The molecule has 1 aliphatic carbocycles. The molecule has 0 atom stereocenters. The zero-order valence-electron chi connectivity index (χ0n) is 10.8. The highest BCUT2D eigenvalue weighted by Gasteiger charge is 2.29. The van der Waals surface area contributed by atoms with Gasteiger partial charge in [-0.05, 0) is 25.2 Å². The zero-order valence-corrected chi connectivity index (χ0v) is 10.8. The van der Waals surface area contributed by atoms with Gasteiger partial charge in [0.25, 0.3) is 0 Å². The summed E-state index contributed by atoms with van der Waals surface area (Å²) in [6, 6.07) is 0.687. The first-order valence-corrected chi connectivity index (χ1v) is 6.48. The van der Waals surface area contributed by atoms with E-state index in [9.17, 15) is 0 Å². The van der Waals surface area contributed by atoms with Crippen molar-refractivity contribution in [2.45, 2.75) is 45.7 Å². The molecule has 1 aromatic rings. The van der Waals surface area contributed by atoms with Crippen LogP contribution in [-0.4, -0.2) is 22.6 Å². The highest BCUT2D eigenvalue weighted by Crippen LogP contribution is 2.30. The second-order valence-corrected chi connectivity index (χ2v) is 5.18. The fraction of sp³-hybridized carbons (Fsp3) is 0.692. The van der Waals surface area contributed by atoms with Gasteiger partial charge in [-0.2, -0.15) is 0 Å². The molecular weight excluding hydrogens is 212 g/mol. The minimum Gasteiger partial charge on any atom is -0.352 e. The zero-order chi connectivity index (χ0) is 12.3. The maximum Gasteiger partial charge on any atom is 0.147 e. The maximum atomic E-state index is 5.53. The average Bonchev–Trinajstić information content (AvgIpc) is 3.14. The Morgan fingerprint density at radius 1 is 1.35 bits per heavy atom. The number of anilines is 1. The van der Waals surface area contributed by atoms with Crippen molar-refractivity contribution < 1.29 is 0 Å². The summed E-state index contributed by atoms with van der Waals surface area (Å²) in [7, 11) is 0. The summed E-state index contributed by atoms with van der Waals surface area (Å²) in [6.45, 7) is 6.06. The fourth-order valence-corrected chi connectivity index (χ4v) is 1.87. The van der Waals surface area contributed by atoms with Crippen molar-refractivity contribution >= 4 is 5.82 Å². The van der Waals surface area contributed by atoms with Crippen LogP contribution in [0.3, 0.4) is 0 Å². The lowest BCUT2D eigenvalue weighted by Crippen LogP contribution is -2.28. The number of hydrogen-bond acceptors (Lipinski definition) is 4. The second-order valence-electron chi connectivity index (χ2n) is 5.18. The summed E-state index contributed by atoms with van der Waals surface area (Å²) in [4.78, 5) is 11.2. The van der Waals surface area contributed by atoms with Crippen LogP contribution in [0.2, 0.25) is 0 Å². The van der Waals surface area contributed by atoms with Gasteiger partial charge in [-0.15, -0.1) is 0 Å². The molecule has 0 aliphatic heterocycles. The van der Waals surface area contributed by atoms with Crippen LogP contribution in [0.1, 0.15) is 38.8 Å². The highest BCUT2D eigenvalue weighted by atomic mass is 15.2. The van der Waals surface area contributed by atoms with E-state index in [4.69, 9.17) is 5.73 Å². The minimum absolute atomic E-state index is 0.461. The van der Waals surface area contributed by atoms with Gasteiger partial charge in [0.2, 0.25) is 0 Å². The molecule has 17 heavy (non-hydrogen) atoms. The molecule has 4 nitrogen and oxygen atoms in total. The Balaban J connectivity index is 2.03. The van der Waals surface area contributed by atoms with E-state index < -0.39 is 0 Å². The third-order valence-corrected chi connectivity index (χ3v) is 3.13. The van der Waals surface area contributed by atoms with Crippen molar-refractivity contribution in [3.05, 3.63) is 18.1 Å². The lowest BCUT2D eigenvalue weighted by Gasteiger charge is -2.24. The first-order valence-electron chi connectivity index (χ1n) is 6.48. The Kier molecular flexibility index (Phi) is 3.94. The maximum absolute atomic E-state index is 5.53. The lowest BCUT2D eigenvalue weighted by molar-refractivity contribution is 0.568. The van der Waals surface area contributed by atoms with Crippen molar-refractivity contribution in [2.75, 3.05) is 11.4 Å². The quantitative estimate of drug-likeness (QED) is 0.817. The van der Waals surface area contributed by atoms with Gasteiger partial charge in [-0.1, -0.05) is 13.8 Å². The van der Waals surface area contributed by atoms with Gasteiger partial charge in [0.1, 0.15) is 5.82 Å². The largest absolute Gasteiger partial charge is 0.352 e. The molecule has 0 unspecified atom stereocenters. The first-order chi connectivity index (χ1) is 8.20. The van der Waals surface area contributed by atoms with E-state index in [0.717, 1.165) is 24.0 Å². The van der Waals surface area contributed by atoms with Gasteiger partial charge in [-0.25, -0.2) is 4.98 Å². The molecule has 0 spiro atoms. The van der Waals surface area contributed by atoms with Crippen molar-refractivity contribution in [3.8, 4) is 0 Å². The van der Waals surface area contributed by atoms with Gasteiger partial charge in [0, 0.05) is 19.1 Å². The van der Waals surface area contributed by atoms with Crippen LogP contribution < -0.4 is 10.6 Å². The lowest BCUT2D eigenvalue weighted by atomic mass is 10.1. The van der Waals surface area contributed by atoms with E-state index >= 15 is 0 Å². The predicted molar refractivity (Wildman–Crippen MR) is 69.7 cm³/mol. The molecule has 0 radical (unpaired) electrons. The van der Waals surface area contributed by atoms with Gasteiger partial charge >= 0.3 is 0 Å². The number of hydrogen-bond donors (Lipinski definition) is 1. The topological polar surface area (TPSA) is 55.0 Å². The van der Waals surface area contributed by atoms with Gasteiger partial charge in [0.15, 0.2) is 0 Å². The molecule has 1 aromatic heterocycles. The van der Waals surface area contributed by atoms with E-state index in [1.165, 1.54) is 19.3 Å². The Morgan fingerprint density at radius 3 is 2.59 bits per heavy atom. The Hall–Kier alpha value is -1.16. The summed E-state index contributed by atoms with van der Waals surface area (Å²) in [6.07, 6.45) is 7.44. The van der Waals surface area contributed by atoms with Gasteiger partial charge in [-0.3, -0.25) is 4.98 Å². The minimum atomic E-state index is 0.461. The van der Waals surface area contributed by atoms with E-state index in [1.807, 2.05) is 6.20 Å².